The summed E-state index contributed by atoms with van der Waals surface area (Å²) in [5.74, 6) is 1.28. The van der Waals surface area contributed by atoms with Crippen LogP contribution in [0.5, 0.6) is 5.75 Å². The molecule has 0 saturated heterocycles. The van der Waals surface area contributed by atoms with Crippen molar-refractivity contribution in [1.82, 2.24) is 0 Å². The summed E-state index contributed by atoms with van der Waals surface area (Å²) in [4.78, 5) is 0. The Labute approximate surface area is 148 Å². The van der Waals surface area contributed by atoms with Gasteiger partial charge in [-0.25, -0.2) is 0 Å². The molecule has 0 aliphatic heterocycles. The Morgan fingerprint density at radius 1 is 0.800 bits per heavy atom. The lowest BCUT2D eigenvalue weighted by molar-refractivity contribution is 0.414. The maximum atomic E-state index is 5.53. The zero-order chi connectivity index (χ0) is 16.8. The summed E-state index contributed by atoms with van der Waals surface area (Å²) in [5.41, 5.74) is 10.0. The molecule has 0 bridgehead atoms. The van der Waals surface area contributed by atoms with Crippen LogP contribution in [0, 0.1) is 0 Å². The van der Waals surface area contributed by atoms with Gasteiger partial charge in [0.15, 0.2) is 0 Å². The Morgan fingerprint density at radius 3 is 2.44 bits per heavy atom. The lowest BCUT2D eigenvalue weighted by atomic mass is 9.81. The average molecular weight is 324 g/mol. The molecule has 1 heteroatoms. The van der Waals surface area contributed by atoms with Gasteiger partial charge in [0, 0.05) is 5.92 Å². The molecule has 0 aromatic heterocycles. The molecule has 25 heavy (non-hydrogen) atoms. The minimum Gasteiger partial charge on any atom is -0.497 e. The van der Waals surface area contributed by atoms with Crippen molar-refractivity contribution >= 4 is 5.57 Å². The Hall–Kier alpha value is -2.80. The first kappa shape index (κ1) is 14.5. The summed E-state index contributed by atoms with van der Waals surface area (Å²) in [5, 5.41) is 0. The van der Waals surface area contributed by atoms with Crippen molar-refractivity contribution in [1.29, 1.82) is 0 Å². The molecule has 1 nitrogen and oxygen atoms in total. The van der Waals surface area contributed by atoms with Crippen LogP contribution in [-0.2, 0) is 6.42 Å². The van der Waals surface area contributed by atoms with Crippen molar-refractivity contribution in [2.75, 3.05) is 7.11 Å². The van der Waals surface area contributed by atoms with Gasteiger partial charge in [-0.1, -0.05) is 60.7 Å². The summed E-state index contributed by atoms with van der Waals surface area (Å²) < 4.78 is 5.53. The number of benzene rings is 3. The van der Waals surface area contributed by atoms with E-state index in [4.69, 9.17) is 4.74 Å². The largest absolute Gasteiger partial charge is 0.497 e. The summed E-state index contributed by atoms with van der Waals surface area (Å²) in [6.45, 7) is 0. The highest BCUT2D eigenvalue weighted by Crippen LogP contribution is 2.52. The highest BCUT2D eigenvalue weighted by Gasteiger charge is 2.35. The Bertz CT molecular complexity index is 982. The molecule has 0 radical (unpaired) electrons. The predicted octanol–water partition coefficient (Wildman–Crippen LogP) is 5.59. The molecule has 1 unspecified atom stereocenters. The van der Waals surface area contributed by atoms with E-state index in [0.29, 0.717) is 5.92 Å². The van der Waals surface area contributed by atoms with E-state index in [0.717, 1.165) is 18.6 Å². The van der Waals surface area contributed by atoms with Gasteiger partial charge < -0.3 is 4.74 Å². The first-order valence-electron chi connectivity index (χ1n) is 8.91. The third-order valence-electron chi connectivity index (χ3n) is 5.59. The lowest BCUT2D eigenvalue weighted by Crippen LogP contribution is -2.07. The summed E-state index contributed by atoms with van der Waals surface area (Å²) in [7, 11) is 1.75. The number of allylic oxidation sites excluding steroid dienone is 1. The Balaban J connectivity index is 1.79. The second-order valence-corrected chi connectivity index (χ2v) is 6.85. The first-order valence-corrected chi connectivity index (χ1v) is 8.91. The lowest BCUT2D eigenvalue weighted by Gasteiger charge is -2.23. The van der Waals surface area contributed by atoms with Crippen molar-refractivity contribution in [3.05, 3.63) is 106 Å². The number of methoxy groups -OCH3 is 1. The molecule has 2 aliphatic rings. The van der Waals surface area contributed by atoms with Crippen molar-refractivity contribution in [3.63, 3.8) is 0 Å². The van der Waals surface area contributed by atoms with Crippen LogP contribution in [0.4, 0.5) is 0 Å². The van der Waals surface area contributed by atoms with Gasteiger partial charge in [0.2, 0.25) is 0 Å². The number of hydrogen-bond acceptors (Lipinski definition) is 1. The SMILES string of the molecule is COc1ccc2c(c1)C(c1ccccc1)C1=C2c2ccccc2CC1. The molecule has 3 aromatic carbocycles. The van der Waals surface area contributed by atoms with E-state index < -0.39 is 0 Å². The van der Waals surface area contributed by atoms with Crippen molar-refractivity contribution in [2.45, 2.75) is 18.8 Å². The third kappa shape index (κ3) is 2.16. The standard InChI is InChI=1S/C24H20O/c1-25-18-12-14-20-22(15-18)23(17-8-3-2-4-9-17)21-13-11-16-7-5-6-10-19(16)24(20)21/h2-10,12,14-15,23H,11,13H2,1H3. The van der Waals surface area contributed by atoms with Crippen molar-refractivity contribution < 1.29 is 4.74 Å². The number of hydrogen-bond donors (Lipinski definition) is 0. The van der Waals surface area contributed by atoms with E-state index >= 15 is 0 Å². The van der Waals surface area contributed by atoms with Gasteiger partial charge in [-0.05, 0) is 63.9 Å². The van der Waals surface area contributed by atoms with Crippen LogP contribution in [0.1, 0.15) is 40.2 Å². The molecule has 1 atom stereocenters. The Morgan fingerprint density at radius 2 is 1.60 bits per heavy atom. The van der Waals surface area contributed by atoms with Gasteiger partial charge >= 0.3 is 0 Å². The molecular formula is C24H20O. The van der Waals surface area contributed by atoms with Gasteiger partial charge in [-0.15, -0.1) is 0 Å². The van der Waals surface area contributed by atoms with Crippen LogP contribution in [0.15, 0.2) is 78.4 Å². The van der Waals surface area contributed by atoms with Gasteiger partial charge in [-0.3, -0.25) is 0 Å². The van der Waals surface area contributed by atoms with Gasteiger partial charge in [0.25, 0.3) is 0 Å². The minimum atomic E-state index is 0.342. The van der Waals surface area contributed by atoms with Crippen LogP contribution in [0.2, 0.25) is 0 Å². The van der Waals surface area contributed by atoms with E-state index in [1.54, 1.807) is 12.7 Å². The zero-order valence-electron chi connectivity index (χ0n) is 14.3. The molecular weight excluding hydrogens is 304 g/mol. The predicted molar refractivity (Wildman–Crippen MR) is 102 cm³/mol. The fourth-order valence-electron chi connectivity index (χ4n) is 4.50. The van der Waals surface area contributed by atoms with E-state index in [1.807, 2.05) is 0 Å². The third-order valence-corrected chi connectivity index (χ3v) is 5.59. The second-order valence-electron chi connectivity index (χ2n) is 6.85. The Kier molecular flexibility index (Phi) is 3.27. The molecule has 0 fully saturated rings. The van der Waals surface area contributed by atoms with Crippen LogP contribution >= 0.6 is 0 Å². The number of aryl methyl sites for hydroxylation is 1. The number of fused-ring (bicyclic) bond motifs is 4. The van der Waals surface area contributed by atoms with Crippen LogP contribution in [0.3, 0.4) is 0 Å². The summed E-state index contributed by atoms with van der Waals surface area (Å²) in [6.07, 6.45) is 2.26. The number of ether oxygens (including phenoxy) is 1. The molecule has 2 aliphatic carbocycles. The van der Waals surface area contributed by atoms with Crippen LogP contribution in [-0.4, -0.2) is 7.11 Å². The first-order chi connectivity index (χ1) is 12.4. The molecule has 0 saturated carbocycles. The molecule has 0 N–H and O–H groups in total. The molecule has 0 heterocycles. The maximum absolute atomic E-state index is 5.53. The molecule has 0 amide bonds. The molecule has 122 valence electrons. The van der Waals surface area contributed by atoms with Crippen LogP contribution < -0.4 is 4.74 Å². The monoisotopic (exact) mass is 324 g/mol. The molecule has 3 aromatic rings. The minimum absolute atomic E-state index is 0.342. The van der Waals surface area contributed by atoms with E-state index in [1.165, 1.54) is 33.4 Å². The van der Waals surface area contributed by atoms with E-state index in [2.05, 4.69) is 72.8 Å². The topological polar surface area (TPSA) is 9.23 Å². The van der Waals surface area contributed by atoms with Gasteiger partial charge in [0.1, 0.15) is 5.75 Å². The van der Waals surface area contributed by atoms with Gasteiger partial charge in [-0.2, -0.15) is 0 Å². The van der Waals surface area contributed by atoms with Crippen molar-refractivity contribution in [3.8, 4) is 5.75 Å². The molecule has 0 spiro atoms. The fourth-order valence-corrected chi connectivity index (χ4v) is 4.50. The average Bonchev–Trinajstić information content (AvgIpc) is 3.02. The second kappa shape index (κ2) is 5.63. The molecule has 5 rings (SSSR count). The van der Waals surface area contributed by atoms with E-state index in [9.17, 15) is 0 Å². The highest BCUT2D eigenvalue weighted by molar-refractivity contribution is 5.92. The van der Waals surface area contributed by atoms with Crippen LogP contribution in [0.25, 0.3) is 5.57 Å². The maximum Gasteiger partial charge on any atom is 0.119 e. The van der Waals surface area contributed by atoms with Gasteiger partial charge in [0.05, 0.1) is 7.11 Å². The van der Waals surface area contributed by atoms with Crippen molar-refractivity contribution in [2.24, 2.45) is 0 Å². The normalized spacial score (nSPS) is 17.7. The zero-order valence-corrected chi connectivity index (χ0v) is 14.3. The quantitative estimate of drug-likeness (QED) is 0.597. The summed E-state index contributed by atoms with van der Waals surface area (Å²) >= 11 is 0. The number of rotatable bonds is 2. The summed E-state index contributed by atoms with van der Waals surface area (Å²) in [6, 6.07) is 26.3. The highest BCUT2D eigenvalue weighted by atomic mass is 16.5. The van der Waals surface area contributed by atoms with E-state index in [-0.39, 0.29) is 0 Å². The fraction of sp³-hybridized carbons (Fsp3) is 0.167. The smallest absolute Gasteiger partial charge is 0.119 e.